The second kappa shape index (κ2) is 8.16. The summed E-state index contributed by atoms with van der Waals surface area (Å²) in [6.07, 6.45) is 6.70. The molecule has 1 saturated heterocycles. The van der Waals surface area contributed by atoms with Crippen molar-refractivity contribution in [3.05, 3.63) is 77.9 Å². The first-order chi connectivity index (χ1) is 13.3. The molecule has 1 fully saturated rings. The Kier molecular flexibility index (Phi) is 5.28. The first-order valence-electron chi connectivity index (χ1n) is 9.56. The van der Waals surface area contributed by atoms with Gasteiger partial charge in [-0.1, -0.05) is 30.3 Å². The summed E-state index contributed by atoms with van der Waals surface area (Å²) in [5.74, 6) is 0.753. The maximum Gasteiger partial charge on any atom is 0.223 e. The smallest absolute Gasteiger partial charge is 0.223 e. The lowest BCUT2D eigenvalue weighted by Gasteiger charge is -2.33. The molecule has 0 amide bonds. The molecule has 138 valence electrons. The number of nitrogens with zero attached hydrogens (tertiary/aromatic N) is 4. The molecule has 5 heteroatoms. The Morgan fingerprint density at radius 1 is 1.00 bits per heavy atom. The van der Waals surface area contributed by atoms with Gasteiger partial charge in [-0.15, -0.1) is 0 Å². The van der Waals surface area contributed by atoms with E-state index in [0.717, 1.165) is 49.7 Å². The fourth-order valence-electron chi connectivity index (χ4n) is 3.61. The first-order valence-corrected chi connectivity index (χ1v) is 9.56. The minimum atomic E-state index is 0.412. The van der Waals surface area contributed by atoms with E-state index in [1.165, 1.54) is 11.3 Å². The van der Waals surface area contributed by atoms with Crippen molar-refractivity contribution < 1.29 is 0 Å². The van der Waals surface area contributed by atoms with Crippen molar-refractivity contribution in [1.82, 2.24) is 15.0 Å². The van der Waals surface area contributed by atoms with Crippen LogP contribution in [0, 0.1) is 6.92 Å². The molecule has 0 saturated carbocycles. The molecule has 3 aromatic rings. The molecule has 1 aromatic carbocycles. The van der Waals surface area contributed by atoms with E-state index in [2.05, 4.69) is 62.6 Å². The lowest BCUT2D eigenvalue weighted by atomic mass is 10.0. The van der Waals surface area contributed by atoms with Crippen LogP contribution in [-0.2, 0) is 6.42 Å². The van der Waals surface area contributed by atoms with Crippen molar-refractivity contribution in [2.75, 3.05) is 23.3 Å². The van der Waals surface area contributed by atoms with Crippen LogP contribution in [0.15, 0.2) is 60.9 Å². The second-order valence-electron chi connectivity index (χ2n) is 7.10. The SMILES string of the molecule is Cc1cc(Cc2ccccc2)nc(NC2CCN(c3ccncc3)CC2)n1. The first kappa shape index (κ1) is 17.5. The molecule has 0 radical (unpaired) electrons. The number of piperidine rings is 1. The summed E-state index contributed by atoms with van der Waals surface area (Å²) in [7, 11) is 0. The van der Waals surface area contributed by atoms with Gasteiger partial charge in [-0.2, -0.15) is 0 Å². The summed E-state index contributed by atoms with van der Waals surface area (Å²) in [5, 5.41) is 3.56. The fourth-order valence-corrected chi connectivity index (χ4v) is 3.61. The van der Waals surface area contributed by atoms with Crippen molar-refractivity contribution in [1.29, 1.82) is 0 Å². The molecule has 3 heterocycles. The zero-order chi connectivity index (χ0) is 18.5. The molecular formula is C22H25N5. The number of hydrogen-bond donors (Lipinski definition) is 1. The van der Waals surface area contributed by atoms with Gasteiger partial charge in [0, 0.05) is 49.3 Å². The predicted octanol–water partition coefficient (Wildman–Crippen LogP) is 3.85. The number of aromatic nitrogens is 3. The molecule has 2 aromatic heterocycles. The lowest BCUT2D eigenvalue weighted by Crippen LogP contribution is -2.39. The van der Waals surface area contributed by atoms with E-state index in [-0.39, 0.29) is 0 Å². The second-order valence-corrected chi connectivity index (χ2v) is 7.10. The maximum absolute atomic E-state index is 4.76. The van der Waals surface area contributed by atoms with Crippen LogP contribution < -0.4 is 10.2 Å². The Balaban J connectivity index is 1.38. The molecule has 4 rings (SSSR count). The summed E-state index contributed by atoms with van der Waals surface area (Å²) in [6.45, 7) is 4.10. The molecule has 0 bridgehead atoms. The Bertz CT molecular complexity index is 858. The monoisotopic (exact) mass is 359 g/mol. The Hall–Kier alpha value is -2.95. The molecule has 0 spiro atoms. The van der Waals surface area contributed by atoms with Gasteiger partial charge in [0.15, 0.2) is 0 Å². The largest absolute Gasteiger partial charge is 0.371 e. The Morgan fingerprint density at radius 3 is 2.48 bits per heavy atom. The number of rotatable bonds is 5. The highest BCUT2D eigenvalue weighted by Gasteiger charge is 2.20. The molecule has 27 heavy (non-hydrogen) atoms. The molecule has 0 atom stereocenters. The van der Waals surface area contributed by atoms with Gasteiger partial charge in [0.2, 0.25) is 5.95 Å². The van der Waals surface area contributed by atoms with Crippen LogP contribution in [-0.4, -0.2) is 34.1 Å². The van der Waals surface area contributed by atoms with Crippen LogP contribution in [0.2, 0.25) is 0 Å². The van der Waals surface area contributed by atoms with Gasteiger partial charge in [0.05, 0.1) is 5.69 Å². The van der Waals surface area contributed by atoms with E-state index in [0.29, 0.717) is 6.04 Å². The highest BCUT2D eigenvalue weighted by molar-refractivity contribution is 5.45. The third kappa shape index (κ3) is 4.61. The summed E-state index contributed by atoms with van der Waals surface area (Å²) in [6, 6.07) is 17.1. The number of benzene rings is 1. The molecular weight excluding hydrogens is 334 g/mol. The van der Waals surface area contributed by atoms with E-state index in [1.807, 2.05) is 25.4 Å². The zero-order valence-corrected chi connectivity index (χ0v) is 15.7. The minimum Gasteiger partial charge on any atom is -0.371 e. The number of pyridine rings is 1. The minimum absolute atomic E-state index is 0.412. The van der Waals surface area contributed by atoms with Crippen LogP contribution in [0.4, 0.5) is 11.6 Å². The quantitative estimate of drug-likeness (QED) is 0.750. The Labute approximate surface area is 160 Å². The van der Waals surface area contributed by atoms with E-state index in [9.17, 15) is 0 Å². The summed E-state index contributed by atoms with van der Waals surface area (Å²) in [4.78, 5) is 15.9. The van der Waals surface area contributed by atoms with Crippen LogP contribution >= 0.6 is 0 Å². The van der Waals surface area contributed by atoms with Gasteiger partial charge in [-0.25, -0.2) is 9.97 Å². The number of hydrogen-bond acceptors (Lipinski definition) is 5. The highest BCUT2D eigenvalue weighted by atomic mass is 15.2. The number of anilines is 2. The number of aryl methyl sites for hydroxylation is 1. The van der Waals surface area contributed by atoms with Gasteiger partial charge in [-0.3, -0.25) is 4.98 Å². The van der Waals surface area contributed by atoms with Gasteiger partial charge in [-0.05, 0) is 43.5 Å². The van der Waals surface area contributed by atoms with E-state index >= 15 is 0 Å². The van der Waals surface area contributed by atoms with Gasteiger partial charge >= 0.3 is 0 Å². The van der Waals surface area contributed by atoms with Crippen LogP contribution in [0.25, 0.3) is 0 Å². The van der Waals surface area contributed by atoms with Crippen molar-refractivity contribution >= 4 is 11.6 Å². The third-order valence-corrected chi connectivity index (χ3v) is 4.99. The van der Waals surface area contributed by atoms with Crippen LogP contribution in [0.3, 0.4) is 0 Å². The zero-order valence-electron chi connectivity index (χ0n) is 15.7. The lowest BCUT2D eigenvalue weighted by molar-refractivity contribution is 0.523. The predicted molar refractivity (Wildman–Crippen MR) is 109 cm³/mol. The van der Waals surface area contributed by atoms with Crippen molar-refractivity contribution in [3.8, 4) is 0 Å². The van der Waals surface area contributed by atoms with E-state index in [1.54, 1.807) is 0 Å². The van der Waals surface area contributed by atoms with Gasteiger partial charge < -0.3 is 10.2 Å². The molecule has 1 aliphatic heterocycles. The Morgan fingerprint density at radius 2 is 1.74 bits per heavy atom. The molecule has 1 N–H and O–H groups in total. The molecule has 0 unspecified atom stereocenters. The van der Waals surface area contributed by atoms with Crippen LogP contribution in [0.5, 0.6) is 0 Å². The molecule has 0 aliphatic carbocycles. The van der Waals surface area contributed by atoms with E-state index in [4.69, 9.17) is 4.98 Å². The molecule has 1 aliphatic rings. The van der Waals surface area contributed by atoms with Crippen LogP contribution in [0.1, 0.15) is 29.8 Å². The fraction of sp³-hybridized carbons (Fsp3) is 0.318. The summed E-state index contributed by atoms with van der Waals surface area (Å²) >= 11 is 0. The van der Waals surface area contributed by atoms with Crippen molar-refractivity contribution in [2.45, 2.75) is 32.2 Å². The highest BCUT2D eigenvalue weighted by Crippen LogP contribution is 2.21. The van der Waals surface area contributed by atoms with Gasteiger partial charge in [0.1, 0.15) is 0 Å². The van der Waals surface area contributed by atoms with Crippen molar-refractivity contribution in [2.24, 2.45) is 0 Å². The maximum atomic E-state index is 4.76. The summed E-state index contributed by atoms with van der Waals surface area (Å²) in [5.41, 5.74) is 4.59. The summed E-state index contributed by atoms with van der Waals surface area (Å²) < 4.78 is 0. The van der Waals surface area contributed by atoms with E-state index < -0.39 is 0 Å². The topological polar surface area (TPSA) is 53.9 Å². The average Bonchev–Trinajstić information content (AvgIpc) is 2.70. The van der Waals surface area contributed by atoms with Crippen molar-refractivity contribution in [3.63, 3.8) is 0 Å². The average molecular weight is 359 g/mol. The third-order valence-electron chi connectivity index (χ3n) is 4.99. The number of nitrogens with one attached hydrogen (secondary N) is 1. The standard InChI is InChI=1S/C22H25N5/c1-17-15-20(16-18-5-3-2-4-6-18)26-22(24-17)25-19-9-13-27(14-10-19)21-7-11-23-12-8-21/h2-8,11-12,15,19H,9-10,13-14,16H2,1H3,(H,24,25,26). The van der Waals surface area contributed by atoms with Gasteiger partial charge in [0.25, 0.3) is 0 Å². The normalized spacial score (nSPS) is 14.9. The molecule has 5 nitrogen and oxygen atoms in total.